The van der Waals surface area contributed by atoms with Gasteiger partial charge in [0.1, 0.15) is 6.23 Å². The number of hydrogen-bond donors (Lipinski definition) is 1. The van der Waals surface area contributed by atoms with Gasteiger partial charge in [0.15, 0.2) is 6.29 Å². The molecule has 28 heavy (non-hydrogen) atoms. The summed E-state index contributed by atoms with van der Waals surface area (Å²) in [6.45, 7) is 0. The Morgan fingerprint density at radius 2 is 1.68 bits per heavy atom. The van der Waals surface area contributed by atoms with Gasteiger partial charge in [-0.15, -0.1) is 0 Å². The summed E-state index contributed by atoms with van der Waals surface area (Å²) in [5.41, 5.74) is 4.78. The van der Waals surface area contributed by atoms with Gasteiger partial charge in [-0.05, 0) is 31.4 Å². The third kappa shape index (κ3) is 2.19. The van der Waals surface area contributed by atoms with Crippen molar-refractivity contribution in [2.45, 2.75) is 31.8 Å². The van der Waals surface area contributed by atoms with E-state index in [0.717, 1.165) is 19.3 Å². The van der Waals surface area contributed by atoms with E-state index in [-0.39, 0.29) is 12.5 Å². The lowest BCUT2D eigenvalue weighted by Crippen LogP contribution is -2.27. The van der Waals surface area contributed by atoms with Crippen molar-refractivity contribution in [2.75, 3.05) is 7.11 Å². The number of para-hydroxylation sites is 2. The molecule has 1 N–H and O–H groups in total. The highest BCUT2D eigenvalue weighted by Crippen LogP contribution is 2.41. The molecule has 1 aliphatic heterocycles. The fourth-order valence-electron chi connectivity index (χ4n) is 4.84. The molecule has 0 radical (unpaired) electrons. The number of ether oxygens (including phenoxy) is 2. The molecule has 2 atom stereocenters. The van der Waals surface area contributed by atoms with Crippen molar-refractivity contribution in [1.82, 2.24) is 9.55 Å². The minimum atomic E-state index is -0.142. The number of hydrogen-bond acceptors (Lipinski definition) is 2. The average molecular weight is 370 g/mol. The molecule has 0 spiro atoms. The molecular weight excluding hydrogens is 348 g/mol. The second-order valence-corrected chi connectivity index (χ2v) is 7.63. The van der Waals surface area contributed by atoms with E-state index in [2.05, 4.69) is 70.2 Å². The maximum atomic E-state index is 6.35. The van der Waals surface area contributed by atoms with Crippen LogP contribution in [-0.2, 0) is 9.47 Å². The van der Waals surface area contributed by atoms with Gasteiger partial charge in [-0.1, -0.05) is 48.5 Å². The molecule has 0 saturated carbocycles. The number of rotatable bonds is 2. The number of aromatic amines is 1. The third-order valence-corrected chi connectivity index (χ3v) is 6.10. The zero-order valence-corrected chi connectivity index (χ0v) is 15.8. The number of methoxy groups -OCH3 is 1. The average Bonchev–Trinajstić information content (AvgIpc) is 3.29. The summed E-state index contributed by atoms with van der Waals surface area (Å²) >= 11 is 0. The van der Waals surface area contributed by atoms with Crippen LogP contribution in [0.2, 0.25) is 0 Å². The van der Waals surface area contributed by atoms with E-state index >= 15 is 0 Å². The van der Waals surface area contributed by atoms with Crippen LogP contribution in [0.25, 0.3) is 43.6 Å². The number of nitrogens with zero attached hydrogens (tertiary/aromatic N) is 1. The smallest absolute Gasteiger partial charge is 0.159 e. The molecular formula is C24H22N2O2. The summed E-state index contributed by atoms with van der Waals surface area (Å²) in [6.07, 6.45) is 2.87. The Balaban J connectivity index is 1.74. The number of aromatic nitrogens is 2. The van der Waals surface area contributed by atoms with Gasteiger partial charge in [0.2, 0.25) is 0 Å². The quantitative estimate of drug-likeness (QED) is 0.408. The standard InChI is InChI=1S/C24H22N2O2/c1-27-22-12-6-11-21(28-22)26-20-10-5-3-8-16(20)18-14-13-17-15-7-2-4-9-19(15)25-23(17)24(18)26/h2-5,7-10,13-14,21-22,25H,6,11-12H2,1H3. The molecule has 6 rings (SSSR count). The summed E-state index contributed by atoms with van der Waals surface area (Å²) in [6, 6.07) is 21.6. The first kappa shape index (κ1) is 16.2. The Hall–Kier alpha value is -2.82. The first-order chi connectivity index (χ1) is 13.8. The predicted molar refractivity (Wildman–Crippen MR) is 114 cm³/mol. The van der Waals surface area contributed by atoms with Crippen LogP contribution in [0.4, 0.5) is 0 Å². The van der Waals surface area contributed by atoms with E-state index < -0.39 is 0 Å². The first-order valence-corrected chi connectivity index (χ1v) is 9.95. The maximum Gasteiger partial charge on any atom is 0.159 e. The zero-order valence-electron chi connectivity index (χ0n) is 15.8. The number of nitrogens with one attached hydrogen (secondary N) is 1. The predicted octanol–water partition coefficient (Wildman–Crippen LogP) is 6.10. The first-order valence-electron chi connectivity index (χ1n) is 9.95. The molecule has 1 saturated heterocycles. The van der Waals surface area contributed by atoms with Crippen LogP contribution >= 0.6 is 0 Å². The topological polar surface area (TPSA) is 39.2 Å². The minimum absolute atomic E-state index is 0.0295. The van der Waals surface area contributed by atoms with E-state index in [9.17, 15) is 0 Å². The summed E-state index contributed by atoms with van der Waals surface area (Å²) in [4.78, 5) is 3.68. The normalized spacial score (nSPS) is 20.6. The highest BCUT2D eigenvalue weighted by atomic mass is 16.7. The lowest BCUT2D eigenvalue weighted by atomic mass is 10.1. The molecule has 0 bridgehead atoms. The highest BCUT2D eigenvalue weighted by molar-refractivity contribution is 6.22. The van der Waals surface area contributed by atoms with E-state index in [1.807, 2.05) is 0 Å². The monoisotopic (exact) mass is 370 g/mol. The maximum absolute atomic E-state index is 6.35. The van der Waals surface area contributed by atoms with E-state index in [1.165, 1.54) is 43.6 Å². The second kappa shape index (κ2) is 6.09. The van der Waals surface area contributed by atoms with Crippen LogP contribution in [-0.4, -0.2) is 23.0 Å². The Morgan fingerprint density at radius 3 is 2.57 bits per heavy atom. The van der Waals surface area contributed by atoms with Crippen molar-refractivity contribution in [3.63, 3.8) is 0 Å². The molecule has 4 nitrogen and oxygen atoms in total. The molecule has 1 fully saturated rings. The van der Waals surface area contributed by atoms with Crippen molar-refractivity contribution in [3.05, 3.63) is 60.7 Å². The van der Waals surface area contributed by atoms with Crippen molar-refractivity contribution in [3.8, 4) is 0 Å². The lowest BCUT2D eigenvalue weighted by Gasteiger charge is -2.31. The van der Waals surface area contributed by atoms with Gasteiger partial charge >= 0.3 is 0 Å². The molecule has 3 heterocycles. The SMILES string of the molecule is COC1CCCC(n2c3ccccc3c3ccc4c5ccccc5[nH]c4c32)O1. The zero-order chi connectivity index (χ0) is 18.7. The number of fused-ring (bicyclic) bond motifs is 7. The van der Waals surface area contributed by atoms with Gasteiger partial charge in [0.25, 0.3) is 0 Å². The molecule has 3 aromatic carbocycles. The van der Waals surface area contributed by atoms with Gasteiger partial charge in [0, 0.05) is 34.2 Å². The van der Waals surface area contributed by atoms with Crippen LogP contribution in [0.3, 0.4) is 0 Å². The van der Waals surface area contributed by atoms with Crippen LogP contribution in [0.1, 0.15) is 25.5 Å². The highest BCUT2D eigenvalue weighted by Gasteiger charge is 2.27. The lowest BCUT2D eigenvalue weighted by molar-refractivity contribution is -0.200. The Bertz CT molecular complexity index is 1330. The number of benzene rings is 3. The fourth-order valence-corrected chi connectivity index (χ4v) is 4.84. The van der Waals surface area contributed by atoms with Crippen LogP contribution < -0.4 is 0 Å². The van der Waals surface area contributed by atoms with Gasteiger partial charge in [-0.3, -0.25) is 0 Å². The molecule has 1 aliphatic rings. The van der Waals surface area contributed by atoms with Crippen LogP contribution in [0, 0.1) is 0 Å². The molecule has 0 amide bonds. The van der Waals surface area contributed by atoms with Gasteiger partial charge in [0.05, 0.1) is 16.6 Å². The van der Waals surface area contributed by atoms with Crippen molar-refractivity contribution in [1.29, 1.82) is 0 Å². The van der Waals surface area contributed by atoms with E-state index in [4.69, 9.17) is 9.47 Å². The minimum Gasteiger partial charge on any atom is -0.356 e. The van der Waals surface area contributed by atoms with Crippen LogP contribution in [0.5, 0.6) is 0 Å². The summed E-state index contributed by atoms with van der Waals surface area (Å²) in [5.74, 6) is 0. The van der Waals surface area contributed by atoms with Crippen LogP contribution in [0.15, 0.2) is 60.7 Å². The molecule has 2 aromatic heterocycles. The largest absolute Gasteiger partial charge is 0.356 e. The van der Waals surface area contributed by atoms with Gasteiger partial charge in [-0.25, -0.2) is 0 Å². The summed E-state index contributed by atoms with van der Waals surface area (Å²) < 4.78 is 14.3. The van der Waals surface area contributed by atoms with Gasteiger partial charge in [-0.2, -0.15) is 0 Å². The Kier molecular flexibility index (Phi) is 3.52. The molecule has 140 valence electrons. The van der Waals surface area contributed by atoms with E-state index in [0.29, 0.717) is 0 Å². The van der Waals surface area contributed by atoms with Crippen molar-refractivity contribution in [2.24, 2.45) is 0 Å². The molecule has 4 heteroatoms. The second-order valence-electron chi connectivity index (χ2n) is 7.63. The third-order valence-electron chi connectivity index (χ3n) is 6.10. The molecule has 2 unspecified atom stereocenters. The summed E-state index contributed by atoms with van der Waals surface area (Å²) in [5, 5.41) is 5.04. The van der Waals surface area contributed by atoms with Gasteiger partial charge < -0.3 is 19.0 Å². The van der Waals surface area contributed by atoms with Crippen molar-refractivity contribution >= 4 is 43.6 Å². The van der Waals surface area contributed by atoms with Crippen molar-refractivity contribution < 1.29 is 9.47 Å². The summed E-state index contributed by atoms with van der Waals surface area (Å²) in [7, 11) is 1.73. The fraction of sp³-hybridized carbons (Fsp3) is 0.250. The molecule has 0 aliphatic carbocycles. The van der Waals surface area contributed by atoms with E-state index in [1.54, 1.807) is 7.11 Å². The molecule has 5 aromatic rings. The Morgan fingerprint density at radius 1 is 0.893 bits per heavy atom. The number of H-pyrrole nitrogens is 1. The Labute approximate surface area is 162 Å².